The molecule has 0 amide bonds. The highest BCUT2D eigenvalue weighted by Gasteiger charge is 2.22. The molecular weight excluding hydrogens is 295 g/mol. The number of fused-ring (bicyclic) bond motifs is 1. The Hall–Kier alpha value is -2.50. The lowest BCUT2D eigenvalue weighted by molar-refractivity contribution is 0.485. The Morgan fingerprint density at radius 2 is 1.87 bits per heavy atom. The molecule has 4 rings (SSSR count). The van der Waals surface area contributed by atoms with Crippen LogP contribution in [0.4, 0.5) is 4.39 Å². The topological polar surface area (TPSA) is 52.7 Å². The molecule has 0 unspecified atom stereocenters. The van der Waals surface area contributed by atoms with Crippen LogP contribution in [0.2, 0.25) is 0 Å². The number of halogens is 1. The van der Waals surface area contributed by atoms with E-state index in [-0.39, 0.29) is 17.4 Å². The van der Waals surface area contributed by atoms with Gasteiger partial charge >= 0.3 is 0 Å². The van der Waals surface area contributed by atoms with Gasteiger partial charge < -0.3 is 0 Å². The van der Waals surface area contributed by atoms with E-state index in [0.29, 0.717) is 22.5 Å². The van der Waals surface area contributed by atoms with E-state index in [4.69, 9.17) is 0 Å². The Morgan fingerprint density at radius 3 is 2.57 bits per heavy atom. The Kier molecular flexibility index (Phi) is 3.25. The van der Waals surface area contributed by atoms with E-state index < -0.39 is 0 Å². The molecule has 0 saturated heterocycles. The highest BCUT2D eigenvalue weighted by molar-refractivity contribution is 5.75. The Labute approximate surface area is 132 Å². The molecule has 118 valence electrons. The maximum Gasteiger partial charge on any atom is 0.264 e. The molecule has 1 fully saturated rings. The molecule has 0 aliphatic heterocycles. The molecule has 1 aromatic carbocycles. The van der Waals surface area contributed by atoms with Crippen molar-refractivity contribution in [1.82, 2.24) is 19.3 Å². The minimum Gasteiger partial charge on any atom is -0.293 e. The van der Waals surface area contributed by atoms with E-state index in [2.05, 4.69) is 10.1 Å². The molecular formula is C17H17FN4O. The third kappa shape index (κ3) is 2.25. The molecule has 3 aromatic rings. The molecule has 6 heteroatoms. The summed E-state index contributed by atoms with van der Waals surface area (Å²) in [6.45, 7) is 1.86. The monoisotopic (exact) mass is 312 g/mol. The average Bonchev–Trinajstić information content (AvgIpc) is 3.18. The number of rotatable bonds is 2. The van der Waals surface area contributed by atoms with Crippen molar-refractivity contribution in [2.45, 2.75) is 38.6 Å². The quantitative estimate of drug-likeness (QED) is 0.730. The van der Waals surface area contributed by atoms with E-state index in [1.807, 2.05) is 11.5 Å². The van der Waals surface area contributed by atoms with Gasteiger partial charge in [-0.15, -0.1) is 0 Å². The van der Waals surface area contributed by atoms with Gasteiger partial charge in [0.1, 0.15) is 17.0 Å². The van der Waals surface area contributed by atoms with Crippen LogP contribution >= 0.6 is 0 Å². The fourth-order valence-corrected chi connectivity index (χ4v) is 3.45. The van der Waals surface area contributed by atoms with Gasteiger partial charge in [0.05, 0.1) is 11.9 Å². The lowest BCUT2D eigenvalue weighted by Crippen LogP contribution is -2.26. The SMILES string of the molecule is Cc1nc2c(cnn2-c2ccc(F)cc2)c(=O)n1C1CCCC1. The zero-order chi connectivity index (χ0) is 16.0. The molecule has 2 heterocycles. The molecule has 0 atom stereocenters. The van der Waals surface area contributed by atoms with E-state index in [9.17, 15) is 9.18 Å². The van der Waals surface area contributed by atoms with Gasteiger partial charge in [-0.3, -0.25) is 9.36 Å². The van der Waals surface area contributed by atoms with Crippen molar-refractivity contribution in [3.8, 4) is 5.69 Å². The fourth-order valence-electron chi connectivity index (χ4n) is 3.45. The van der Waals surface area contributed by atoms with Crippen LogP contribution in [0.1, 0.15) is 37.5 Å². The van der Waals surface area contributed by atoms with Gasteiger partial charge in [-0.1, -0.05) is 12.8 Å². The van der Waals surface area contributed by atoms with Gasteiger partial charge in [0.15, 0.2) is 5.65 Å². The van der Waals surface area contributed by atoms with Crippen LogP contribution in [0.5, 0.6) is 0 Å². The second-order valence-corrected chi connectivity index (χ2v) is 6.04. The van der Waals surface area contributed by atoms with Crippen LogP contribution < -0.4 is 5.56 Å². The van der Waals surface area contributed by atoms with Crippen LogP contribution in [0, 0.1) is 12.7 Å². The third-order valence-corrected chi connectivity index (χ3v) is 4.57. The highest BCUT2D eigenvalue weighted by Crippen LogP contribution is 2.29. The predicted octanol–water partition coefficient (Wildman–Crippen LogP) is 3.14. The summed E-state index contributed by atoms with van der Waals surface area (Å²) in [5, 5.41) is 4.79. The second-order valence-electron chi connectivity index (χ2n) is 6.04. The van der Waals surface area contributed by atoms with Gasteiger partial charge in [0.2, 0.25) is 0 Å². The van der Waals surface area contributed by atoms with Gasteiger partial charge in [-0.2, -0.15) is 5.10 Å². The van der Waals surface area contributed by atoms with Crippen LogP contribution in [-0.2, 0) is 0 Å². The number of benzene rings is 1. The lowest BCUT2D eigenvalue weighted by Gasteiger charge is -2.16. The molecule has 0 radical (unpaired) electrons. The maximum absolute atomic E-state index is 13.1. The molecule has 0 spiro atoms. The lowest BCUT2D eigenvalue weighted by atomic mass is 10.2. The van der Waals surface area contributed by atoms with Crippen LogP contribution in [0.25, 0.3) is 16.7 Å². The van der Waals surface area contributed by atoms with Crippen LogP contribution in [0.3, 0.4) is 0 Å². The summed E-state index contributed by atoms with van der Waals surface area (Å²) in [6, 6.07) is 6.24. The van der Waals surface area contributed by atoms with Crippen molar-refractivity contribution in [3.63, 3.8) is 0 Å². The summed E-state index contributed by atoms with van der Waals surface area (Å²) in [4.78, 5) is 17.5. The zero-order valence-electron chi connectivity index (χ0n) is 12.9. The molecule has 0 N–H and O–H groups in total. The normalized spacial score (nSPS) is 15.6. The van der Waals surface area contributed by atoms with E-state index >= 15 is 0 Å². The van der Waals surface area contributed by atoms with Crippen molar-refractivity contribution < 1.29 is 4.39 Å². The van der Waals surface area contributed by atoms with Crippen molar-refractivity contribution in [3.05, 3.63) is 52.5 Å². The van der Waals surface area contributed by atoms with Crippen LogP contribution in [-0.4, -0.2) is 19.3 Å². The molecule has 1 saturated carbocycles. The Bertz CT molecular complexity index is 920. The van der Waals surface area contributed by atoms with Crippen molar-refractivity contribution >= 4 is 11.0 Å². The number of hydrogen-bond acceptors (Lipinski definition) is 3. The molecule has 0 bridgehead atoms. The predicted molar refractivity (Wildman–Crippen MR) is 85.3 cm³/mol. The van der Waals surface area contributed by atoms with E-state index in [1.165, 1.54) is 12.1 Å². The van der Waals surface area contributed by atoms with Crippen LogP contribution in [0.15, 0.2) is 35.3 Å². The minimum atomic E-state index is -0.307. The van der Waals surface area contributed by atoms with Gasteiger partial charge in [-0.05, 0) is 44.0 Å². The first kappa shape index (κ1) is 14.1. The first-order valence-electron chi connectivity index (χ1n) is 7.88. The molecule has 1 aliphatic carbocycles. The van der Waals surface area contributed by atoms with Gasteiger partial charge in [-0.25, -0.2) is 14.1 Å². The number of aryl methyl sites for hydroxylation is 1. The van der Waals surface area contributed by atoms with E-state index in [0.717, 1.165) is 25.7 Å². The molecule has 23 heavy (non-hydrogen) atoms. The van der Waals surface area contributed by atoms with Gasteiger partial charge in [0, 0.05) is 6.04 Å². The summed E-state index contributed by atoms with van der Waals surface area (Å²) >= 11 is 0. The Morgan fingerprint density at radius 1 is 1.17 bits per heavy atom. The average molecular weight is 312 g/mol. The maximum atomic E-state index is 13.1. The summed E-state index contributed by atoms with van der Waals surface area (Å²) < 4.78 is 16.5. The highest BCUT2D eigenvalue weighted by atomic mass is 19.1. The zero-order valence-corrected chi connectivity index (χ0v) is 12.9. The molecule has 1 aliphatic rings. The number of nitrogens with zero attached hydrogens (tertiary/aromatic N) is 4. The first-order chi connectivity index (χ1) is 11.1. The number of aromatic nitrogens is 4. The summed E-state index contributed by atoms with van der Waals surface area (Å²) in [5.74, 6) is 0.399. The summed E-state index contributed by atoms with van der Waals surface area (Å²) in [7, 11) is 0. The number of hydrogen-bond donors (Lipinski definition) is 0. The smallest absolute Gasteiger partial charge is 0.264 e. The largest absolute Gasteiger partial charge is 0.293 e. The molecule has 2 aromatic heterocycles. The third-order valence-electron chi connectivity index (χ3n) is 4.57. The summed E-state index contributed by atoms with van der Waals surface area (Å²) in [6.07, 6.45) is 5.92. The van der Waals surface area contributed by atoms with E-state index in [1.54, 1.807) is 23.0 Å². The molecule has 5 nitrogen and oxygen atoms in total. The van der Waals surface area contributed by atoms with Gasteiger partial charge in [0.25, 0.3) is 5.56 Å². The van der Waals surface area contributed by atoms with Crippen molar-refractivity contribution in [2.24, 2.45) is 0 Å². The first-order valence-corrected chi connectivity index (χ1v) is 7.88. The minimum absolute atomic E-state index is 0.0345. The Balaban J connectivity index is 1.90. The standard InChI is InChI=1S/C17H17FN4O/c1-11-20-16-15(17(23)21(11)13-4-2-3-5-13)10-19-22(16)14-8-6-12(18)7-9-14/h6-10,13H,2-5H2,1H3. The fraction of sp³-hybridized carbons (Fsp3) is 0.353. The van der Waals surface area contributed by atoms with Crippen molar-refractivity contribution in [1.29, 1.82) is 0 Å². The summed E-state index contributed by atoms with van der Waals surface area (Å²) in [5.41, 5.74) is 1.17. The van der Waals surface area contributed by atoms with Crippen molar-refractivity contribution in [2.75, 3.05) is 0 Å². The second kappa shape index (κ2) is 5.30.